The molecule has 0 radical (unpaired) electrons. The van der Waals surface area contributed by atoms with Crippen LogP contribution in [0, 0.1) is 17.8 Å². The summed E-state index contributed by atoms with van der Waals surface area (Å²) in [7, 11) is 1.42. The molecule has 1 amide bonds. The number of hydrogen-bond donors (Lipinski definition) is 0. The van der Waals surface area contributed by atoms with E-state index in [0.717, 1.165) is 12.3 Å². The summed E-state index contributed by atoms with van der Waals surface area (Å²) in [6.07, 6.45) is 8.24. The Morgan fingerprint density at radius 2 is 1.85 bits per heavy atom. The SMILES string of the molecule is COC(=O)C1CN(C(=O)CCC2CCCCC2)CC1C. The highest BCUT2D eigenvalue weighted by atomic mass is 16.5. The first-order valence-electron chi connectivity index (χ1n) is 7.97. The van der Waals surface area contributed by atoms with E-state index in [1.54, 1.807) is 0 Å². The van der Waals surface area contributed by atoms with Crippen LogP contribution < -0.4 is 0 Å². The zero-order valence-corrected chi connectivity index (χ0v) is 12.8. The molecule has 114 valence electrons. The van der Waals surface area contributed by atoms with E-state index in [1.807, 2.05) is 11.8 Å². The molecule has 4 nitrogen and oxygen atoms in total. The highest BCUT2D eigenvalue weighted by molar-refractivity contribution is 5.79. The van der Waals surface area contributed by atoms with Gasteiger partial charge in [0, 0.05) is 19.5 Å². The van der Waals surface area contributed by atoms with Crippen molar-refractivity contribution in [3.63, 3.8) is 0 Å². The van der Waals surface area contributed by atoms with Crippen LogP contribution >= 0.6 is 0 Å². The Balaban J connectivity index is 1.77. The van der Waals surface area contributed by atoms with Crippen molar-refractivity contribution in [3.05, 3.63) is 0 Å². The Labute approximate surface area is 121 Å². The Morgan fingerprint density at radius 3 is 2.50 bits per heavy atom. The summed E-state index contributed by atoms with van der Waals surface area (Å²) in [4.78, 5) is 25.8. The fourth-order valence-electron chi connectivity index (χ4n) is 3.59. The van der Waals surface area contributed by atoms with Crippen LogP contribution in [0.15, 0.2) is 0 Å². The molecule has 20 heavy (non-hydrogen) atoms. The average molecular weight is 281 g/mol. The molecule has 0 aromatic rings. The van der Waals surface area contributed by atoms with Crippen LogP contribution in [0.1, 0.15) is 51.9 Å². The summed E-state index contributed by atoms with van der Waals surface area (Å²) < 4.78 is 4.81. The number of carbonyl (C=O) groups excluding carboxylic acids is 2. The number of methoxy groups -OCH3 is 1. The average Bonchev–Trinajstić information content (AvgIpc) is 2.87. The molecular formula is C16H27NO3. The van der Waals surface area contributed by atoms with E-state index in [1.165, 1.54) is 39.2 Å². The minimum Gasteiger partial charge on any atom is -0.469 e. The lowest BCUT2D eigenvalue weighted by Crippen LogP contribution is -2.30. The van der Waals surface area contributed by atoms with Crippen molar-refractivity contribution in [2.24, 2.45) is 17.8 Å². The molecule has 0 aromatic carbocycles. The zero-order valence-electron chi connectivity index (χ0n) is 12.8. The molecule has 1 aliphatic heterocycles. The van der Waals surface area contributed by atoms with Gasteiger partial charge in [-0.3, -0.25) is 9.59 Å². The molecule has 0 spiro atoms. The summed E-state index contributed by atoms with van der Waals surface area (Å²) in [6.45, 7) is 3.26. The Bertz CT molecular complexity index is 350. The highest BCUT2D eigenvalue weighted by Crippen LogP contribution is 2.29. The van der Waals surface area contributed by atoms with Crippen molar-refractivity contribution < 1.29 is 14.3 Å². The molecule has 0 N–H and O–H groups in total. The van der Waals surface area contributed by atoms with Gasteiger partial charge in [-0.05, 0) is 18.3 Å². The van der Waals surface area contributed by atoms with Crippen LogP contribution in [0.4, 0.5) is 0 Å². The van der Waals surface area contributed by atoms with Crippen molar-refractivity contribution in [3.8, 4) is 0 Å². The number of ether oxygens (including phenoxy) is 1. The van der Waals surface area contributed by atoms with Crippen molar-refractivity contribution in [1.29, 1.82) is 0 Å². The van der Waals surface area contributed by atoms with Crippen molar-refractivity contribution >= 4 is 11.9 Å². The second-order valence-corrected chi connectivity index (χ2v) is 6.45. The number of rotatable bonds is 4. The van der Waals surface area contributed by atoms with E-state index in [4.69, 9.17) is 4.74 Å². The van der Waals surface area contributed by atoms with Gasteiger partial charge < -0.3 is 9.64 Å². The number of amides is 1. The van der Waals surface area contributed by atoms with Gasteiger partial charge >= 0.3 is 5.97 Å². The van der Waals surface area contributed by atoms with Crippen LogP contribution in [-0.2, 0) is 14.3 Å². The first kappa shape index (κ1) is 15.3. The Hall–Kier alpha value is -1.06. The maximum absolute atomic E-state index is 12.3. The Morgan fingerprint density at radius 1 is 1.15 bits per heavy atom. The molecule has 2 rings (SSSR count). The third-order valence-corrected chi connectivity index (χ3v) is 4.96. The van der Waals surface area contributed by atoms with E-state index in [0.29, 0.717) is 19.5 Å². The molecule has 0 bridgehead atoms. The number of carbonyl (C=O) groups is 2. The second-order valence-electron chi connectivity index (χ2n) is 6.45. The predicted octanol–water partition coefficient (Wildman–Crippen LogP) is 2.61. The predicted molar refractivity (Wildman–Crippen MR) is 77.1 cm³/mol. The standard InChI is InChI=1S/C16H27NO3/c1-12-10-17(11-14(12)16(19)20-2)15(18)9-8-13-6-4-3-5-7-13/h12-14H,3-11H2,1-2H3. The summed E-state index contributed by atoms with van der Waals surface area (Å²) in [5.74, 6) is 0.845. The lowest BCUT2D eigenvalue weighted by Gasteiger charge is -2.22. The monoisotopic (exact) mass is 281 g/mol. The number of esters is 1. The molecule has 2 aliphatic rings. The van der Waals surface area contributed by atoms with Crippen molar-refractivity contribution in [2.45, 2.75) is 51.9 Å². The molecule has 2 unspecified atom stereocenters. The summed E-state index contributed by atoms with van der Waals surface area (Å²) in [6, 6.07) is 0. The number of nitrogens with zero attached hydrogens (tertiary/aromatic N) is 1. The van der Waals surface area contributed by atoms with Gasteiger partial charge in [0.25, 0.3) is 0 Å². The quantitative estimate of drug-likeness (QED) is 0.744. The maximum atomic E-state index is 12.3. The van der Waals surface area contributed by atoms with Crippen LogP contribution in [-0.4, -0.2) is 37.0 Å². The van der Waals surface area contributed by atoms with Crippen LogP contribution in [0.2, 0.25) is 0 Å². The van der Waals surface area contributed by atoms with Gasteiger partial charge in [-0.15, -0.1) is 0 Å². The fourth-order valence-corrected chi connectivity index (χ4v) is 3.59. The van der Waals surface area contributed by atoms with Gasteiger partial charge in [-0.2, -0.15) is 0 Å². The molecule has 4 heteroatoms. The third-order valence-electron chi connectivity index (χ3n) is 4.96. The normalized spacial score (nSPS) is 27.6. The van der Waals surface area contributed by atoms with Crippen LogP contribution in [0.25, 0.3) is 0 Å². The molecule has 1 saturated heterocycles. The maximum Gasteiger partial charge on any atom is 0.310 e. The van der Waals surface area contributed by atoms with Gasteiger partial charge in [0.2, 0.25) is 5.91 Å². The lowest BCUT2D eigenvalue weighted by molar-refractivity contribution is -0.146. The fraction of sp³-hybridized carbons (Fsp3) is 0.875. The minimum atomic E-state index is -0.180. The largest absolute Gasteiger partial charge is 0.469 e. The summed E-state index contributed by atoms with van der Waals surface area (Å²) >= 11 is 0. The molecule has 2 atom stereocenters. The smallest absolute Gasteiger partial charge is 0.310 e. The molecule has 2 fully saturated rings. The van der Waals surface area contributed by atoms with E-state index in [9.17, 15) is 9.59 Å². The first-order chi connectivity index (χ1) is 9.61. The Kier molecular flexibility index (Phi) is 5.44. The molecule has 1 heterocycles. The molecule has 1 saturated carbocycles. The van der Waals surface area contributed by atoms with Crippen LogP contribution in [0.5, 0.6) is 0 Å². The van der Waals surface area contributed by atoms with Gasteiger partial charge in [0.15, 0.2) is 0 Å². The topological polar surface area (TPSA) is 46.6 Å². The third kappa shape index (κ3) is 3.74. The molecule has 0 aromatic heterocycles. The van der Waals surface area contributed by atoms with E-state index in [-0.39, 0.29) is 23.7 Å². The summed E-state index contributed by atoms with van der Waals surface area (Å²) in [5, 5.41) is 0. The summed E-state index contributed by atoms with van der Waals surface area (Å²) in [5.41, 5.74) is 0. The minimum absolute atomic E-state index is 0.140. The van der Waals surface area contributed by atoms with E-state index in [2.05, 4.69) is 0 Å². The highest BCUT2D eigenvalue weighted by Gasteiger charge is 2.37. The van der Waals surface area contributed by atoms with E-state index < -0.39 is 0 Å². The van der Waals surface area contributed by atoms with Crippen LogP contribution in [0.3, 0.4) is 0 Å². The van der Waals surface area contributed by atoms with E-state index >= 15 is 0 Å². The van der Waals surface area contributed by atoms with Gasteiger partial charge in [-0.25, -0.2) is 0 Å². The lowest BCUT2D eigenvalue weighted by atomic mass is 9.86. The van der Waals surface area contributed by atoms with Crippen molar-refractivity contribution in [2.75, 3.05) is 20.2 Å². The van der Waals surface area contributed by atoms with Gasteiger partial charge in [-0.1, -0.05) is 39.0 Å². The molecule has 1 aliphatic carbocycles. The molecular weight excluding hydrogens is 254 g/mol. The number of likely N-dealkylation sites (tertiary alicyclic amines) is 1. The van der Waals surface area contributed by atoms with Gasteiger partial charge in [0.1, 0.15) is 0 Å². The first-order valence-corrected chi connectivity index (χ1v) is 7.97. The van der Waals surface area contributed by atoms with Gasteiger partial charge in [0.05, 0.1) is 13.0 Å². The zero-order chi connectivity index (χ0) is 14.5. The second kappa shape index (κ2) is 7.09. The number of hydrogen-bond acceptors (Lipinski definition) is 3. The van der Waals surface area contributed by atoms with Crippen molar-refractivity contribution in [1.82, 2.24) is 4.90 Å².